The Morgan fingerprint density at radius 1 is 1.35 bits per heavy atom. The number of ether oxygens (including phenoxy) is 3. The Morgan fingerprint density at radius 2 is 2.12 bits per heavy atom. The van der Waals surface area contributed by atoms with Crippen molar-refractivity contribution in [1.29, 1.82) is 0 Å². The quantitative estimate of drug-likeness (QED) is 0.870. The van der Waals surface area contributed by atoms with Crippen LogP contribution in [0.3, 0.4) is 0 Å². The summed E-state index contributed by atoms with van der Waals surface area (Å²) in [6.07, 6.45) is 3.05. The minimum atomic E-state index is -0.478. The van der Waals surface area contributed by atoms with Gasteiger partial charge in [-0.2, -0.15) is 0 Å². The van der Waals surface area contributed by atoms with Crippen molar-refractivity contribution in [3.8, 4) is 17.2 Å². The van der Waals surface area contributed by atoms with Gasteiger partial charge in [0.05, 0.1) is 13.2 Å². The minimum absolute atomic E-state index is 0.478. The summed E-state index contributed by atoms with van der Waals surface area (Å²) in [7, 11) is 1.59. The molecule has 1 heterocycles. The summed E-state index contributed by atoms with van der Waals surface area (Å²) in [5.74, 6) is 1.97. The normalized spacial score (nSPS) is 15.9. The Hall–Kier alpha value is -1.68. The molecule has 0 bridgehead atoms. The highest BCUT2D eigenvalue weighted by molar-refractivity contribution is 5.62. The van der Waals surface area contributed by atoms with Crippen LogP contribution in [0.5, 0.6) is 17.2 Å². The molecule has 0 aliphatic carbocycles. The molecule has 0 amide bonds. The molecule has 1 aromatic carbocycles. The van der Waals surface area contributed by atoms with Crippen molar-refractivity contribution >= 4 is 6.08 Å². The maximum Gasteiger partial charge on any atom is 0.203 e. The van der Waals surface area contributed by atoms with Gasteiger partial charge in [0, 0.05) is 0 Å². The summed E-state index contributed by atoms with van der Waals surface area (Å²) in [5.41, 5.74) is 0.909. The second-order valence-electron chi connectivity index (χ2n) is 3.85. The third kappa shape index (κ3) is 2.71. The zero-order chi connectivity index (χ0) is 12.3. The summed E-state index contributed by atoms with van der Waals surface area (Å²) in [5, 5.41) is 9.20. The van der Waals surface area contributed by atoms with Crippen molar-refractivity contribution in [2.24, 2.45) is 0 Å². The molecule has 4 nitrogen and oxygen atoms in total. The van der Waals surface area contributed by atoms with Gasteiger partial charge in [-0.1, -0.05) is 12.2 Å². The molecule has 0 saturated carbocycles. The van der Waals surface area contributed by atoms with Gasteiger partial charge in [0.15, 0.2) is 11.5 Å². The number of aliphatic hydroxyl groups excluding tert-OH is 1. The summed E-state index contributed by atoms with van der Waals surface area (Å²) in [6, 6.07) is 3.72. The van der Waals surface area contributed by atoms with Crippen molar-refractivity contribution in [2.45, 2.75) is 13.0 Å². The summed E-state index contributed by atoms with van der Waals surface area (Å²) < 4.78 is 16.3. The predicted molar refractivity (Wildman–Crippen MR) is 64.7 cm³/mol. The number of fused-ring (bicyclic) bond motifs is 1. The van der Waals surface area contributed by atoms with E-state index < -0.39 is 6.10 Å². The molecule has 1 aliphatic rings. The Balaban J connectivity index is 2.35. The van der Waals surface area contributed by atoms with E-state index in [9.17, 15) is 5.11 Å². The van der Waals surface area contributed by atoms with Crippen LogP contribution >= 0.6 is 0 Å². The Bertz CT molecular complexity index is 406. The first kappa shape index (κ1) is 11.8. The van der Waals surface area contributed by atoms with E-state index in [4.69, 9.17) is 14.2 Å². The second-order valence-corrected chi connectivity index (χ2v) is 3.85. The second kappa shape index (κ2) is 5.10. The molecule has 0 aromatic heterocycles. The first-order chi connectivity index (χ1) is 8.20. The lowest BCUT2D eigenvalue weighted by Gasteiger charge is -2.21. The van der Waals surface area contributed by atoms with Gasteiger partial charge in [0.2, 0.25) is 5.75 Å². The van der Waals surface area contributed by atoms with Gasteiger partial charge in [-0.3, -0.25) is 0 Å². The van der Waals surface area contributed by atoms with Crippen molar-refractivity contribution in [3.63, 3.8) is 0 Å². The van der Waals surface area contributed by atoms with Crippen LogP contribution in [-0.4, -0.2) is 31.5 Å². The lowest BCUT2D eigenvalue weighted by Crippen LogP contribution is -2.16. The monoisotopic (exact) mass is 236 g/mol. The molecule has 0 radical (unpaired) electrons. The molecule has 2 rings (SSSR count). The number of hydrogen-bond donors (Lipinski definition) is 1. The lowest BCUT2D eigenvalue weighted by atomic mass is 10.1. The van der Waals surface area contributed by atoms with Crippen LogP contribution in [0.15, 0.2) is 18.2 Å². The number of methoxy groups -OCH3 is 1. The van der Waals surface area contributed by atoms with E-state index in [0.29, 0.717) is 30.5 Å². The van der Waals surface area contributed by atoms with E-state index in [1.165, 1.54) is 0 Å². The first-order valence-corrected chi connectivity index (χ1v) is 5.54. The van der Waals surface area contributed by atoms with Gasteiger partial charge in [0.25, 0.3) is 0 Å². The van der Waals surface area contributed by atoms with E-state index in [1.54, 1.807) is 20.1 Å². The van der Waals surface area contributed by atoms with Gasteiger partial charge in [0.1, 0.15) is 13.2 Å². The van der Waals surface area contributed by atoms with Crippen LogP contribution in [0.4, 0.5) is 0 Å². The van der Waals surface area contributed by atoms with E-state index >= 15 is 0 Å². The summed E-state index contributed by atoms with van der Waals surface area (Å²) in [4.78, 5) is 0. The molecule has 0 saturated heterocycles. The van der Waals surface area contributed by atoms with E-state index in [0.717, 1.165) is 5.56 Å². The first-order valence-electron chi connectivity index (χ1n) is 5.54. The molecular formula is C13H16O4. The van der Waals surface area contributed by atoms with Gasteiger partial charge < -0.3 is 19.3 Å². The Kier molecular flexibility index (Phi) is 3.54. The number of hydrogen-bond acceptors (Lipinski definition) is 4. The third-order valence-corrected chi connectivity index (χ3v) is 2.42. The smallest absolute Gasteiger partial charge is 0.203 e. The molecule has 4 heteroatoms. The van der Waals surface area contributed by atoms with Crippen molar-refractivity contribution in [2.75, 3.05) is 20.3 Å². The molecule has 1 aromatic rings. The maximum absolute atomic E-state index is 9.20. The van der Waals surface area contributed by atoms with Crippen LogP contribution in [0.2, 0.25) is 0 Å². The number of benzene rings is 1. The molecule has 17 heavy (non-hydrogen) atoms. The summed E-state index contributed by atoms with van der Waals surface area (Å²) >= 11 is 0. The fourth-order valence-corrected chi connectivity index (χ4v) is 1.64. The highest BCUT2D eigenvalue weighted by Crippen LogP contribution is 2.40. The molecule has 1 aliphatic heterocycles. The average molecular weight is 236 g/mol. The zero-order valence-corrected chi connectivity index (χ0v) is 9.97. The van der Waals surface area contributed by atoms with Crippen molar-refractivity contribution in [1.82, 2.24) is 0 Å². The molecule has 1 unspecified atom stereocenters. The van der Waals surface area contributed by atoms with E-state index in [-0.39, 0.29) is 0 Å². The van der Waals surface area contributed by atoms with Gasteiger partial charge in [-0.25, -0.2) is 0 Å². The van der Waals surface area contributed by atoms with Crippen LogP contribution in [-0.2, 0) is 0 Å². The molecule has 1 atom stereocenters. The van der Waals surface area contributed by atoms with Gasteiger partial charge >= 0.3 is 0 Å². The average Bonchev–Trinajstić information content (AvgIpc) is 2.35. The Labute approximate surface area is 100 Å². The number of rotatable bonds is 3. The summed E-state index contributed by atoms with van der Waals surface area (Å²) in [6.45, 7) is 2.78. The third-order valence-electron chi connectivity index (χ3n) is 2.42. The maximum atomic E-state index is 9.20. The highest BCUT2D eigenvalue weighted by Gasteiger charge is 2.17. The minimum Gasteiger partial charge on any atom is -0.493 e. The predicted octanol–water partition coefficient (Wildman–Crippen LogP) is 1.86. The Morgan fingerprint density at radius 3 is 2.82 bits per heavy atom. The fourth-order valence-electron chi connectivity index (χ4n) is 1.64. The molecule has 92 valence electrons. The molecule has 1 N–H and O–H groups in total. The van der Waals surface area contributed by atoms with Crippen molar-refractivity contribution < 1.29 is 19.3 Å². The molecule has 0 fully saturated rings. The molecule has 0 spiro atoms. The van der Waals surface area contributed by atoms with Crippen LogP contribution in [0.25, 0.3) is 6.08 Å². The molecular weight excluding hydrogens is 220 g/mol. The SMILES string of the molecule is COc1cc(/C=C/C(C)O)cc2c1OCCO2. The van der Waals surface area contributed by atoms with Crippen LogP contribution < -0.4 is 14.2 Å². The van der Waals surface area contributed by atoms with E-state index in [2.05, 4.69) is 0 Å². The van der Waals surface area contributed by atoms with Crippen LogP contribution in [0, 0.1) is 0 Å². The topological polar surface area (TPSA) is 47.9 Å². The highest BCUT2D eigenvalue weighted by atomic mass is 16.6. The fraction of sp³-hybridized carbons (Fsp3) is 0.385. The van der Waals surface area contributed by atoms with Crippen molar-refractivity contribution in [3.05, 3.63) is 23.8 Å². The largest absolute Gasteiger partial charge is 0.493 e. The van der Waals surface area contributed by atoms with Gasteiger partial charge in [-0.15, -0.1) is 0 Å². The van der Waals surface area contributed by atoms with E-state index in [1.807, 2.05) is 18.2 Å². The number of aliphatic hydroxyl groups is 1. The standard InChI is InChI=1S/C13H16O4/c1-9(14)3-4-10-7-11(15-2)13-12(8-10)16-5-6-17-13/h3-4,7-9,14H,5-6H2,1-2H3/b4-3+. The lowest BCUT2D eigenvalue weighted by molar-refractivity contribution is 0.165. The van der Waals surface area contributed by atoms with Crippen LogP contribution in [0.1, 0.15) is 12.5 Å². The van der Waals surface area contributed by atoms with Gasteiger partial charge in [-0.05, 0) is 24.6 Å². The zero-order valence-electron chi connectivity index (χ0n) is 9.97.